The van der Waals surface area contributed by atoms with Gasteiger partial charge in [-0.2, -0.15) is 5.26 Å². The van der Waals surface area contributed by atoms with Gasteiger partial charge in [-0.1, -0.05) is 48.6 Å². The molecule has 1 aromatic rings. The molecule has 0 aromatic heterocycles. The molecule has 0 amide bonds. The van der Waals surface area contributed by atoms with Crippen molar-refractivity contribution in [3.8, 4) is 6.07 Å². The molecule has 0 aliphatic heterocycles. The zero-order valence-corrected chi connectivity index (χ0v) is 7.35. The summed E-state index contributed by atoms with van der Waals surface area (Å²) in [6.07, 6.45) is 8.21. The Morgan fingerprint density at radius 1 is 1.15 bits per heavy atom. The molecule has 13 heavy (non-hydrogen) atoms. The van der Waals surface area contributed by atoms with Gasteiger partial charge in [0.15, 0.2) is 0 Å². The topological polar surface area (TPSA) is 23.8 Å². The van der Waals surface area contributed by atoms with Crippen molar-refractivity contribution in [1.29, 1.82) is 5.26 Å². The van der Waals surface area contributed by atoms with Gasteiger partial charge in [-0.25, -0.2) is 0 Å². The molecule has 1 heteroatoms. The van der Waals surface area contributed by atoms with Gasteiger partial charge in [0.2, 0.25) is 0 Å². The summed E-state index contributed by atoms with van der Waals surface area (Å²) in [5, 5.41) is 8.22. The molecule has 1 rings (SSSR count). The molecule has 0 saturated heterocycles. The van der Waals surface area contributed by atoms with Crippen LogP contribution in [0.5, 0.6) is 0 Å². The highest BCUT2D eigenvalue weighted by molar-refractivity contribution is 5.48. The predicted molar refractivity (Wildman–Crippen MR) is 54.8 cm³/mol. The van der Waals surface area contributed by atoms with Gasteiger partial charge in [-0.05, 0) is 12.0 Å². The minimum atomic E-state index is 0.808. The van der Waals surface area contributed by atoms with Crippen molar-refractivity contribution in [1.82, 2.24) is 0 Å². The standard InChI is InChI=1S/C12H11N/c13-11-7-2-1-4-8-12-9-5-3-6-10-12/h2-10H,1H2/b7-2-,8-4+. The maximum atomic E-state index is 8.22. The minimum absolute atomic E-state index is 0.808. The zero-order valence-electron chi connectivity index (χ0n) is 7.35. The van der Waals surface area contributed by atoms with E-state index in [1.54, 1.807) is 0 Å². The molecule has 0 atom stereocenters. The molecule has 0 heterocycles. The number of allylic oxidation sites excluding steroid dienone is 3. The molecule has 1 nitrogen and oxygen atoms in total. The fourth-order valence-corrected chi connectivity index (χ4v) is 0.968. The third-order valence-electron chi connectivity index (χ3n) is 1.57. The van der Waals surface area contributed by atoms with Crippen LogP contribution in [0.4, 0.5) is 0 Å². The Bertz CT molecular complexity index is 328. The van der Waals surface area contributed by atoms with E-state index in [1.165, 1.54) is 11.6 Å². The Labute approximate surface area is 78.6 Å². The van der Waals surface area contributed by atoms with Gasteiger partial charge in [0.05, 0.1) is 6.07 Å². The molecule has 0 unspecified atom stereocenters. The van der Waals surface area contributed by atoms with Crippen LogP contribution in [-0.4, -0.2) is 0 Å². The third-order valence-corrected chi connectivity index (χ3v) is 1.57. The van der Waals surface area contributed by atoms with Crippen molar-refractivity contribution in [2.75, 3.05) is 0 Å². The van der Waals surface area contributed by atoms with Crippen LogP contribution in [0.3, 0.4) is 0 Å². The highest BCUT2D eigenvalue weighted by atomic mass is 14.2. The molecule has 1 aromatic carbocycles. The second-order valence-corrected chi connectivity index (χ2v) is 2.58. The first-order valence-corrected chi connectivity index (χ1v) is 4.19. The van der Waals surface area contributed by atoms with Crippen LogP contribution in [0.15, 0.2) is 48.6 Å². The summed E-state index contributed by atoms with van der Waals surface area (Å²) >= 11 is 0. The van der Waals surface area contributed by atoms with Gasteiger partial charge >= 0.3 is 0 Å². The minimum Gasteiger partial charge on any atom is -0.193 e. The van der Waals surface area contributed by atoms with E-state index >= 15 is 0 Å². The first kappa shape index (κ1) is 9.28. The smallest absolute Gasteiger partial charge is 0.0908 e. The Morgan fingerprint density at radius 2 is 1.92 bits per heavy atom. The predicted octanol–water partition coefficient (Wildman–Crippen LogP) is 3.17. The van der Waals surface area contributed by atoms with Crippen LogP contribution < -0.4 is 0 Å². The first-order valence-electron chi connectivity index (χ1n) is 4.19. The summed E-state index contributed by atoms with van der Waals surface area (Å²) in [5.41, 5.74) is 1.19. The van der Waals surface area contributed by atoms with E-state index in [4.69, 9.17) is 5.26 Å². The lowest BCUT2D eigenvalue weighted by Crippen LogP contribution is -1.67. The molecule has 0 aliphatic carbocycles. The van der Waals surface area contributed by atoms with E-state index in [0.29, 0.717) is 0 Å². The molecular weight excluding hydrogens is 158 g/mol. The van der Waals surface area contributed by atoms with E-state index in [-0.39, 0.29) is 0 Å². The molecule has 0 N–H and O–H groups in total. The molecule has 0 aliphatic rings. The average molecular weight is 169 g/mol. The molecular formula is C12H11N. The Kier molecular flexibility index (Phi) is 4.13. The van der Waals surface area contributed by atoms with Crippen molar-refractivity contribution in [2.45, 2.75) is 6.42 Å². The quantitative estimate of drug-likeness (QED) is 0.637. The molecule has 0 spiro atoms. The SMILES string of the molecule is N#C/C=C\C/C=C/c1ccccc1. The number of nitriles is 1. The maximum absolute atomic E-state index is 8.22. The van der Waals surface area contributed by atoms with Crippen molar-refractivity contribution in [3.63, 3.8) is 0 Å². The average Bonchev–Trinajstić information content (AvgIpc) is 2.19. The largest absolute Gasteiger partial charge is 0.193 e. The van der Waals surface area contributed by atoms with Crippen molar-refractivity contribution in [3.05, 3.63) is 54.1 Å². The first-order chi connectivity index (χ1) is 6.43. The van der Waals surface area contributed by atoms with Crippen LogP contribution in [-0.2, 0) is 0 Å². The number of hydrogen-bond acceptors (Lipinski definition) is 1. The summed E-state index contributed by atoms with van der Waals surface area (Å²) < 4.78 is 0. The normalized spacial score (nSPS) is 10.7. The fraction of sp³-hybridized carbons (Fsp3) is 0.0833. The molecule has 0 radical (unpaired) electrons. The van der Waals surface area contributed by atoms with E-state index in [9.17, 15) is 0 Å². The number of hydrogen-bond donors (Lipinski definition) is 0. The van der Waals surface area contributed by atoms with Gasteiger partial charge in [-0.15, -0.1) is 0 Å². The fourth-order valence-electron chi connectivity index (χ4n) is 0.968. The van der Waals surface area contributed by atoms with E-state index in [1.807, 2.05) is 54.6 Å². The highest BCUT2D eigenvalue weighted by Crippen LogP contribution is 2.01. The summed E-state index contributed by atoms with van der Waals surface area (Å²) in [4.78, 5) is 0. The van der Waals surface area contributed by atoms with E-state index in [0.717, 1.165) is 6.42 Å². The Morgan fingerprint density at radius 3 is 2.62 bits per heavy atom. The van der Waals surface area contributed by atoms with Crippen molar-refractivity contribution < 1.29 is 0 Å². The van der Waals surface area contributed by atoms with Crippen LogP contribution in [0.25, 0.3) is 6.08 Å². The number of rotatable bonds is 3. The summed E-state index contributed by atoms with van der Waals surface area (Å²) in [6, 6.07) is 12.0. The van der Waals surface area contributed by atoms with Gasteiger partial charge in [0.25, 0.3) is 0 Å². The number of benzene rings is 1. The number of nitrogens with zero attached hydrogens (tertiary/aromatic N) is 1. The molecule has 64 valence electrons. The van der Waals surface area contributed by atoms with Gasteiger partial charge < -0.3 is 0 Å². The van der Waals surface area contributed by atoms with Crippen molar-refractivity contribution >= 4 is 6.08 Å². The summed E-state index contributed by atoms with van der Waals surface area (Å²) in [6.45, 7) is 0. The zero-order chi connectivity index (χ0) is 9.36. The van der Waals surface area contributed by atoms with Gasteiger partial charge in [-0.3, -0.25) is 0 Å². The van der Waals surface area contributed by atoms with Gasteiger partial charge in [0.1, 0.15) is 0 Å². The second kappa shape index (κ2) is 5.79. The van der Waals surface area contributed by atoms with Crippen molar-refractivity contribution in [2.24, 2.45) is 0 Å². The lowest BCUT2D eigenvalue weighted by molar-refractivity contribution is 1.40. The van der Waals surface area contributed by atoms with Gasteiger partial charge in [0, 0.05) is 6.08 Å². The van der Waals surface area contributed by atoms with Crippen LogP contribution in [0.1, 0.15) is 12.0 Å². The van der Waals surface area contributed by atoms with Crippen LogP contribution in [0.2, 0.25) is 0 Å². The Balaban J connectivity index is 2.42. The lowest BCUT2D eigenvalue weighted by Gasteiger charge is -1.88. The monoisotopic (exact) mass is 169 g/mol. The molecule has 0 bridgehead atoms. The van der Waals surface area contributed by atoms with Crippen LogP contribution >= 0.6 is 0 Å². The summed E-state index contributed by atoms with van der Waals surface area (Å²) in [5.74, 6) is 0. The van der Waals surface area contributed by atoms with E-state index in [2.05, 4.69) is 0 Å². The maximum Gasteiger partial charge on any atom is 0.0908 e. The highest BCUT2D eigenvalue weighted by Gasteiger charge is 1.80. The van der Waals surface area contributed by atoms with E-state index < -0.39 is 0 Å². The third kappa shape index (κ3) is 3.93. The Hall–Kier alpha value is -1.81. The second-order valence-electron chi connectivity index (χ2n) is 2.58. The molecule has 0 saturated carbocycles. The lowest BCUT2D eigenvalue weighted by atomic mass is 10.2. The van der Waals surface area contributed by atoms with Crippen LogP contribution in [0, 0.1) is 11.3 Å². The summed E-state index contributed by atoms with van der Waals surface area (Å²) in [7, 11) is 0. The molecule has 0 fully saturated rings.